The zero-order valence-electron chi connectivity index (χ0n) is 20.2. The third kappa shape index (κ3) is 4.08. The summed E-state index contributed by atoms with van der Waals surface area (Å²) >= 11 is 0. The number of nitrogens with zero attached hydrogens (tertiary/aromatic N) is 2. The van der Waals surface area contributed by atoms with Crippen LogP contribution in [0.1, 0.15) is 37.9 Å². The molecular formula is C30H23N5O3. The van der Waals surface area contributed by atoms with E-state index >= 15 is 0 Å². The highest BCUT2D eigenvalue weighted by Gasteiger charge is 2.41. The molecule has 0 saturated carbocycles. The maximum atomic E-state index is 13.6. The highest BCUT2D eigenvalue weighted by molar-refractivity contribution is 6.04. The van der Waals surface area contributed by atoms with E-state index in [0.717, 1.165) is 33.3 Å². The van der Waals surface area contributed by atoms with Crippen molar-refractivity contribution in [3.63, 3.8) is 0 Å². The van der Waals surface area contributed by atoms with E-state index in [2.05, 4.69) is 20.8 Å². The third-order valence-electron chi connectivity index (χ3n) is 6.71. The first-order valence-corrected chi connectivity index (χ1v) is 12.2. The summed E-state index contributed by atoms with van der Waals surface area (Å²) in [6, 6.07) is 27.9. The summed E-state index contributed by atoms with van der Waals surface area (Å²) in [5.41, 5.74) is 10.3. The number of fused-ring (bicyclic) bond motifs is 2. The molecule has 1 unspecified atom stereocenters. The molecule has 2 aromatic heterocycles. The van der Waals surface area contributed by atoms with Gasteiger partial charge in [-0.1, -0.05) is 66.7 Å². The number of aromatic nitrogens is 2. The summed E-state index contributed by atoms with van der Waals surface area (Å²) in [4.78, 5) is 48.0. The number of aromatic amines is 1. The first-order chi connectivity index (χ1) is 18.6. The number of rotatable bonds is 5. The average molecular weight is 502 g/mol. The van der Waals surface area contributed by atoms with Gasteiger partial charge < -0.3 is 9.88 Å². The quantitative estimate of drug-likeness (QED) is 0.313. The molecule has 0 radical (unpaired) electrons. The Morgan fingerprint density at radius 1 is 0.842 bits per heavy atom. The van der Waals surface area contributed by atoms with Gasteiger partial charge in [-0.05, 0) is 35.4 Å². The second-order valence-electron chi connectivity index (χ2n) is 8.99. The van der Waals surface area contributed by atoms with Crippen LogP contribution in [0.15, 0.2) is 103 Å². The topological polar surface area (TPSA) is 107 Å². The molecule has 0 fully saturated rings. The molecule has 1 aliphatic rings. The van der Waals surface area contributed by atoms with Gasteiger partial charge >= 0.3 is 0 Å². The Labute approximate surface area is 218 Å². The van der Waals surface area contributed by atoms with Gasteiger partial charge in [0.15, 0.2) is 0 Å². The first-order valence-electron chi connectivity index (χ1n) is 12.2. The van der Waals surface area contributed by atoms with Crippen LogP contribution in [0.4, 0.5) is 0 Å². The van der Waals surface area contributed by atoms with Crippen LogP contribution < -0.4 is 10.9 Å². The molecular weight excluding hydrogens is 478 g/mol. The van der Waals surface area contributed by atoms with Crippen molar-refractivity contribution in [3.8, 4) is 11.3 Å². The van der Waals surface area contributed by atoms with Gasteiger partial charge in [0.25, 0.3) is 17.7 Å². The number of H-pyrrole nitrogens is 1. The Balaban J connectivity index is 1.38. The predicted molar refractivity (Wildman–Crippen MR) is 143 cm³/mol. The van der Waals surface area contributed by atoms with E-state index < -0.39 is 17.9 Å². The van der Waals surface area contributed by atoms with Crippen LogP contribution in [-0.2, 0) is 4.79 Å². The van der Waals surface area contributed by atoms with Crippen molar-refractivity contribution in [2.24, 2.45) is 0 Å². The molecule has 5 aromatic rings. The molecule has 3 aromatic carbocycles. The van der Waals surface area contributed by atoms with Gasteiger partial charge in [-0.15, -0.1) is 0 Å². The van der Waals surface area contributed by atoms with Gasteiger partial charge in [0.1, 0.15) is 6.54 Å². The molecule has 1 aliphatic heterocycles. The molecule has 0 bridgehead atoms. The molecule has 3 N–H and O–H groups in total. The fraction of sp³-hybridized carbons (Fsp3) is 0.0667. The summed E-state index contributed by atoms with van der Waals surface area (Å²) in [6.45, 7) is -0.247. The van der Waals surface area contributed by atoms with Crippen LogP contribution in [0.5, 0.6) is 0 Å². The van der Waals surface area contributed by atoms with Gasteiger partial charge in [-0.2, -0.15) is 0 Å². The Morgan fingerprint density at radius 3 is 2.37 bits per heavy atom. The maximum Gasteiger partial charge on any atom is 0.269 e. The zero-order chi connectivity index (χ0) is 26.1. The average Bonchev–Trinajstić information content (AvgIpc) is 3.47. The van der Waals surface area contributed by atoms with E-state index in [0.29, 0.717) is 11.1 Å². The lowest BCUT2D eigenvalue weighted by Gasteiger charge is -2.26. The SMILES string of the molecule is O=C(CN1C(=O)c2ccccc2C1c1c(-c2ccccc2)[nH]c2ccccc12)NNC(=O)c1ccncc1. The third-order valence-corrected chi connectivity index (χ3v) is 6.71. The number of nitrogens with one attached hydrogen (secondary N) is 3. The summed E-state index contributed by atoms with van der Waals surface area (Å²) in [5.74, 6) is -1.23. The molecule has 0 saturated heterocycles. The lowest BCUT2D eigenvalue weighted by Crippen LogP contribution is -2.47. The molecule has 3 heterocycles. The molecule has 0 spiro atoms. The van der Waals surface area contributed by atoms with Gasteiger partial charge in [0.05, 0.1) is 11.7 Å². The molecule has 0 aliphatic carbocycles. The van der Waals surface area contributed by atoms with Gasteiger partial charge in [-0.3, -0.25) is 30.2 Å². The van der Waals surface area contributed by atoms with Crippen LogP contribution in [0.2, 0.25) is 0 Å². The number of benzene rings is 3. The summed E-state index contributed by atoms with van der Waals surface area (Å²) in [7, 11) is 0. The molecule has 8 heteroatoms. The van der Waals surface area contributed by atoms with Crippen LogP contribution in [-0.4, -0.2) is 39.1 Å². The second-order valence-corrected chi connectivity index (χ2v) is 8.99. The normalized spacial score (nSPS) is 14.4. The van der Waals surface area contributed by atoms with Crippen molar-refractivity contribution in [2.75, 3.05) is 6.54 Å². The minimum atomic E-state index is -0.514. The van der Waals surface area contributed by atoms with E-state index in [9.17, 15) is 14.4 Å². The van der Waals surface area contributed by atoms with Gasteiger partial charge in [0.2, 0.25) is 0 Å². The van der Waals surface area contributed by atoms with Crippen LogP contribution in [0.25, 0.3) is 22.2 Å². The van der Waals surface area contributed by atoms with Crippen LogP contribution in [0, 0.1) is 0 Å². The highest BCUT2D eigenvalue weighted by Crippen LogP contribution is 2.45. The fourth-order valence-electron chi connectivity index (χ4n) is 5.02. The van der Waals surface area contributed by atoms with Crippen molar-refractivity contribution in [2.45, 2.75) is 6.04 Å². The zero-order valence-corrected chi connectivity index (χ0v) is 20.2. The van der Waals surface area contributed by atoms with Gasteiger partial charge in [0, 0.05) is 40.0 Å². The molecule has 186 valence electrons. The monoisotopic (exact) mass is 501 g/mol. The standard InChI is InChI=1S/C30H23N5O3/c36-25(33-34-29(37)20-14-16-31-17-15-20)18-35-28(21-10-4-5-11-22(21)30(35)38)26-23-12-6-7-13-24(23)32-27(26)19-8-2-1-3-9-19/h1-17,28,32H,18H2,(H,33,36)(H,34,37). The number of hydrogen-bond donors (Lipinski definition) is 3. The number of pyridine rings is 1. The number of hydrazine groups is 1. The van der Waals surface area contributed by atoms with E-state index in [-0.39, 0.29) is 12.5 Å². The number of hydrogen-bond acceptors (Lipinski definition) is 4. The van der Waals surface area contributed by atoms with Gasteiger partial charge in [-0.25, -0.2) is 0 Å². The van der Waals surface area contributed by atoms with E-state index in [4.69, 9.17) is 0 Å². The summed E-state index contributed by atoms with van der Waals surface area (Å²) in [6.07, 6.45) is 2.99. The smallest absolute Gasteiger partial charge is 0.269 e. The van der Waals surface area contributed by atoms with Crippen molar-refractivity contribution in [1.29, 1.82) is 0 Å². The minimum Gasteiger partial charge on any atom is -0.354 e. The second kappa shape index (κ2) is 9.67. The molecule has 8 nitrogen and oxygen atoms in total. The van der Waals surface area contributed by atoms with E-state index in [1.807, 2.05) is 72.8 Å². The lowest BCUT2D eigenvalue weighted by atomic mass is 9.93. The molecule has 1 atom stereocenters. The first kappa shape index (κ1) is 23.2. The van der Waals surface area contributed by atoms with Crippen molar-refractivity contribution in [1.82, 2.24) is 25.7 Å². The number of para-hydroxylation sites is 1. The van der Waals surface area contributed by atoms with Crippen molar-refractivity contribution >= 4 is 28.6 Å². The van der Waals surface area contributed by atoms with Crippen molar-refractivity contribution < 1.29 is 14.4 Å². The molecule has 38 heavy (non-hydrogen) atoms. The minimum absolute atomic E-state index is 0.245. The molecule has 3 amide bonds. The van der Waals surface area contributed by atoms with Crippen molar-refractivity contribution in [3.05, 3.63) is 126 Å². The lowest BCUT2D eigenvalue weighted by molar-refractivity contribution is -0.122. The summed E-state index contributed by atoms with van der Waals surface area (Å²) in [5, 5.41) is 0.970. The maximum absolute atomic E-state index is 13.6. The van der Waals surface area contributed by atoms with E-state index in [1.54, 1.807) is 23.1 Å². The number of amides is 3. The Bertz CT molecular complexity index is 1660. The number of carbonyl (C=O) groups is 3. The van der Waals surface area contributed by atoms with Crippen LogP contribution in [0.3, 0.4) is 0 Å². The van der Waals surface area contributed by atoms with Crippen LogP contribution >= 0.6 is 0 Å². The molecule has 6 rings (SSSR count). The predicted octanol–water partition coefficient (Wildman–Crippen LogP) is 4.24. The fourth-order valence-corrected chi connectivity index (χ4v) is 5.02. The Morgan fingerprint density at radius 2 is 1.55 bits per heavy atom. The Hall–Kier alpha value is -5.24. The van der Waals surface area contributed by atoms with E-state index in [1.165, 1.54) is 12.4 Å². The summed E-state index contributed by atoms with van der Waals surface area (Å²) < 4.78 is 0. The largest absolute Gasteiger partial charge is 0.354 e. The number of carbonyl (C=O) groups excluding carboxylic acids is 3. The Kier molecular flexibility index (Phi) is 5.89. The highest BCUT2D eigenvalue weighted by atomic mass is 16.2.